The minimum atomic E-state index is -0.107. The van der Waals surface area contributed by atoms with Crippen molar-refractivity contribution < 1.29 is 9.53 Å². The molecule has 2 aliphatic carbocycles. The predicted molar refractivity (Wildman–Crippen MR) is 97.9 cm³/mol. The average molecular weight is 338 g/mol. The summed E-state index contributed by atoms with van der Waals surface area (Å²) in [6.07, 6.45) is 9.43. The summed E-state index contributed by atoms with van der Waals surface area (Å²) >= 11 is 0. The van der Waals surface area contributed by atoms with E-state index < -0.39 is 0 Å². The van der Waals surface area contributed by atoms with E-state index in [0.717, 1.165) is 43.1 Å². The van der Waals surface area contributed by atoms with Crippen LogP contribution in [0.15, 0.2) is 18.2 Å². The molecule has 0 amide bonds. The molecular weight excluding hydrogens is 310 g/mol. The molecule has 25 heavy (non-hydrogen) atoms. The number of esters is 1. The molecule has 1 aromatic carbocycles. The van der Waals surface area contributed by atoms with Crippen molar-refractivity contribution >= 4 is 5.97 Å². The van der Waals surface area contributed by atoms with Crippen LogP contribution in [0.1, 0.15) is 69.4 Å². The number of rotatable bonds is 3. The first-order valence-corrected chi connectivity index (χ1v) is 9.64. The monoisotopic (exact) mass is 338 g/mol. The van der Waals surface area contributed by atoms with Gasteiger partial charge in [-0.25, -0.2) is 0 Å². The molecule has 0 heterocycles. The molecule has 0 aromatic heterocycles. The van der Waals surface area contributed by atoms with Crippen LogP contribution in [0, 0.1) is 41.9 Å². The molecule has 1 radical (unpaired) electrons. The lowest BCUT2D eigenvalue weighted by atomic mass is 9.69. The van der Waals surface area contributed by atoms with Crippen LogP contribution in [0.25, 0.3) is 0 Å². The lowest BCUT2D eigenvalue weighted by Gasteiger charge is -2.36. The fourth-order valence-electron chi connectivity index (χ4n) is 4.30. The number of nitrogens with zero attached hydrogens (tertiary/aromatic N) is 1. The number of nitriles is 1. The number of aryl methyl sites for hydroxylation is 1. The number of hydrogen-bond donors (Lipinski definition) is 0. The van der Waals surface area contributed by atoms with Gasteiger partial charge in [0, 0.05) is 0 Å². The van der Waals surface area contributed by atoms with E-state index in [2.05, 4.69) is 13.0 Å². The molecule has 3 rings (SSSR count). The van der Waals surface area contributed by atoms with E-state index in [9.17, 15) is 4.79 Å². The Kier molecular flexibility index (Phi) is 5.78. The van der Waals surface area contributed by atoms with Crippen LogP contribution >= 0.6 is 0 Å². The van der Waals surface area contributed by atoms with Crippen LogP contribution in [-0.4, -0.2) is 5.97 Å². The molecule has 3 heteroatoms. The summed E-state index contributed by atoms with van der Waals surface area (Å²) in [6.45, 7) is 4.22. The van der Waals surface area contributed by atoms with Crippen LogP contribution in [-0.2, 0) is 4.79 Å². The largest absolute Gasteiger partial charge is 0.426 e. The first kappa shape index (κ1) is 18.0. The van der Waals surface area contributed by atoms with Gasteiger partial charge in [-0.3, -0.25) is 4.79 Å². The highest BCUT2D eigenvalue weighted by Gasteiger charge is 2.33. The Labute approximate surface area is 151 Å². The maximum atomic E-state index is 12.5. The molecule has 0 aliphatic heterocycles. The highest BCUT2D eigenvalue weighted by Crippen LogP contribution is 2.42. The second kappa shape index (κ2) is 8.04. The summed E-state index contributed by atoms with van der Waals surface area (Å²) in [4.78, 5) is 12.5. The number of benzene rings is 1. The fraction of sp³-hybridized carbons (Fsp3) is 0.591. The smallest absolute Gasteiger partial charge is 0.314 e. The summed E-state index contributed by atoms with van der Waals surface area (Å²) in [7, 11) is 0. The zero-order chi connectivity index (χ0) is 17.8. The van der Waals surface area contributed by atoms with Crippen LogP contribution in [0.2, 0.25) is 0 Å². The molecule has 0 atom stereocenters. The zero-order valence-electron chi connectivity index (χ0n) is 15.4. The van der Waals surface area contributed by atoms with Crippen molar-refractivity contribution in [2.75, 3.05) is 0 Å². The van der Waals surface area contributed by atoms with E-state index in [-0.39, 0.29) is 11.9 Å². The van der Waals surface area contributed by atoms with Crippen LogP contribution in [0.3, 0.4) is 0 Å². The predicted octanol–water partition coefficient (Wildman–Crippen LogP) is 5.36. The van der Waals surface area contributed by atoms with Gasteiger partial charge in [-0.05, 0) is 87.0 Å². The molecule has 2 aliphatic rings. The molecule has 0 N–H and O–H groups in total. The van der Waals surface area contributed by atoms with E-state index in [0.29, 0.717) is 11.3 Å². The molecule has 0 bridgehead atoms. The van der Waals surface area contributed by atoms with Gasteiger partial charge in [0.1, 0.15) is 5.75 Å². The van der Waals surface area contributed by atoms with Crippen molar-refractivity contribution in [3.63, 3.8) is 0 Å². The van der Waals surface area contributed by atoms with Gasteiger partial charge in [0.15, 0.2) is 0 Å². The standard InChI is InChI=1S/C22H28NO2/c1-15-3-5-17(6-4-15)18-7-9-19(10-8-18)22(24)25-21-12-11-20(14-23)16(2)13-21/h11-13,15,18-19H,3-10H2,1-2H3. The average Bonchev–Trinajstić information content (AvgIpc) is 2.63. The minimum Gasteiger partial charge on any atom is -0.426 e. The Morgan fingerprint density at radius 2 is 1.80 bits per heavy atom. The van der Waals surface area contributed by atoms with Gasteiger partial charge in [0.2, 0.25) is 0 Å². The van der Waals surface area contributed by atoms with Crippen molar-refractivity contribution in [1.82, 2.24) is 0 Å². The second-order valence-corrected chi connectivity index (χ2v) is 7.90. The van der Waals surface area contributed by atoms with Crippen LogP contribution in [0.5, 0.6) is 5.75 Å². The van der Waals surface area contributed by atoms with Crippen molar-refractivity contribution in [3.8, 4) is 11.8 Å². The minimum absolute atomic E-state index is 0.0234. The Morgan fingerprint density at radius 3 is 2.40 bits per heavy atom. The Bertz CT molecular complexity index is 644. The highest BCUT2D eigenvalue weighted by molar-refractivity contribution is 5.75. The molecule has 2 saturated carbocycles. The van der Waals surface area contributed by atoms with Gasteiger partial charge in [0.05, 0.1) is 17.6 Å². The molecule has 0 spiro atoms. The van der Waals surface area contributed by atoms with Crippen molar-refractivity contribution in [3.05, 3.63) is 35.2 Å². The van der Waals surface area contributed by atoms with E-state index in [1.165, 1.54) is 25.7 Å². The molecule has 0 unspecified atom stereocenters. The fourth-order valence-corrected chi connectivity index (χ4v) is 4.30. The third-order valence-corrected chi connectivity index (χ3v) is 6.09. The quantitative estimate of drug-likeness (QED) is 0.550. The van der Waals surface area contributed by atoms with Crippen molar-refractivity contribution in [1.29, 1.82) is 5.26 Å². The maximum Gasteiger partial charge on any atom is 0.314 e. The van der Waals surface area contributed by atoms with E-state index in [1.807, 2.05) is 6.92 Å². The van der Waals surface area contributed by atoms with Gasteiger partial charge in [-0.2, -0.15) is 5.26 Å². The van der Waals surface area contributed by atoms with E-state index in [4.69, 9.17) is 10.00 Å². The first-order chi connectivity index (χ1) is 12.1. The first-order valence-electron chi connectivity index (χ1n) is 9.64. The lowest BCUT2D eigenvalue weighted by Crippen LogP contribution is -2.29. The van der Waals surface area contributed by atoms with Gasteiger partial charge in [-0.1, -0.05) is 19.8 Å². The molecule has 0 saturated heterocycles. The SMILES string of the molecule is Cc1cc(OC(=O)C2CCC([C]3CCC(C)CC3)CC2)ccc1C#N. The molecule has 133 valence electrons. The zero-order valence-corrected chi connectivity index (χ0v) is 15.4. The molecule has 1 aromatic rings. The number of carbonyl (C=O) groups excluding carboxylic acids is 1. The van der Waals surface area contributed by atoms with Crippen LogP contribution in [0.4, 0.5) is 0 Å². The lowest BCUT2D eigenvalue weighted by molar-refractivity contribution is -0.140. The molecule has 3 nitrogen and oxygen atoms in total. The van der Waals surface area contributed by atoms with E-state index >= 15 is 0 Å². The van der Waals surface area contributed by atoms with Gasteiger partial charge < -0.3 is 4.74 Å². The molecular formula is C22H28NO2. The molecule has 2 fully saturated rings. The summed E-state index contributed by atoms with van der Waals surface area (Å²) in [5, 5.41) is 8.98. The maximum absolute atomic E-state index is 12.5. The summed E-state index contributed by atoms with van der Waals surface area (Å²) < 4.78 is 5.57. The summed E-state index contributed by atoms with van der Waals surface area (Å²) in [5.74, 6) is 3.84. The summed E-state index contributed by atoms with van der Waals surface area (Å²) in [6, 6.07) is 7.35. The van der Waals surface area contributed by atoms with Gasteiger partial charge >= 0.3 is 5.97 Å². The van der Waals surface area contributed by atoms with Gasteiger partial charge in [0.25, 0.3) is 0 Å². The number of hydrogen-bond acceptors (Lipinski definition) is 3. The topological polar surface area (TPSA) is 50.1 Å². The van der Waals surface area contributed by atoms with Crippen molar-refractivity contribution in [2.45, 2.75) is 65.2 Å². The van der Waals surface area contributed by atoms with Crippen LogP contribution < -0.4 is 4.74 Å². The Balaban J connectivity index is 1.50. The number of carbonyl (C=O) groups is 1. The second-order valence-electron chi connectivity index (χ2n) is 7.90. The summed E-state index contributed by atoms with van der Waals surface area (Å²) in [5.41, 5.74) is 1.47. The van der Waals surface area contributed by atoms with Crippen molar-refractivity contribution in [2.24, 2.45) is 17.8 Å². The van der Waals surface area contributed by atoms with Gasteiger partial charge in [-0.15, -0.1) is 0 Å². The normalized spacial score (nSPS) is 25.3. The highest BCUT2D eigenvalue weighted by atomic mass is 16.5. The number of ether oxygens (including phenoxy) is 1. The third kappa shape index (κ3) is 4.42. The Hall–Kier alpha value is -1.82. The Morgan fingerprint density at radius 1 is 1.12 bits per heavy atom. The van der Waals surface area contributed by atoms with E-state index in [1.54, 1.807) is 24.1 Å². The third-order valence-electron chi connectivity index (χ3n) is 6.09.